The number of nitrogens with zero attached hydrogens (tertiary/aromatic N) is 1. The topological polar surface area (TPSA) is 64.6 Å². The summed E-state index contributed by atoms with van der Waals surface area (Å²) in [7, 11) is 0. The highest BCUT2D eigenvalue weighted by Crippen LogP contribution is 2.36. The van der Waals surface area contributed by atoms with Gasteiger partial charge in [-0.25, -0.2) is 4.79 Å². The van der Waals surface area contributed by atoms with Crippen LogP contribution in [0.3, 0.4) is 0 Å². The highest BCUT2D eigenvalue weighted by Gasteiger charge is 2.40. The van der Waals surface area contributed by atoms with E-state index in [-0.39, 0.29) is 18.7 Å². The number of carbonyl (C=O) groups excluding carboxylic acids is 1. The molecule has 1 heterocycles. The molecular formula is C18H27N3O2. The van der Waals surface area contributed by atoms with Crippen molar-refractivity contribution >= 4 is 6.03 Å². The van der Waals surface area contributed by atoms with Crippen molar-refractivity contribution < 1.29 is 9.90 Å². The first kappa shape index (κ1) is 16.3. The van der Waals surface area contributed by atoms with Gasteiger partial charge in [-0.1, -0.05) is 36.8 Å². The Balaban J connectivity index is 1.55. The number of hydrogen-bond acceptors (Lipinski definition) is 3. The van der Waals surface area contributed by atoms with Gasteiger partial charge in [-0.05, 0) is 30.2 Å². The summed E-state index contributed by atoms with van der Waals surface area (Å²) in [5.74, 6) is 1.24. The number of aliphatic hydroxyl groups is 1. The van der Waals surface area contributed by atoms with Crippen LogP contribution >= 0.6 is 0 Å². The summed E-state index contributed by atoms with van der Waals surface area (Å²) in [4.78, 5) is 14.4. The molecule has 126 valence electrons. The maximum atomic E-state index is 11.9. The first-order valence-corrected chi connectivity index (χ1v) is 8.68. The number of rotatable bonds is 5. The average molecular weight is 317 g/mol. The fourth-order valence-electron chi connectivity index (χ4n) is 4.10. The Kier molecular flexibility index (Phi) is 5.51. The Labute approximate surface area is 138 Å². The van der Waals surface area contributed by atoms with E-state index >= 15 is 0 Å². The van der Waals surface area contributed by atoms with Crippen LogP contribution in [0.2, 0.25) is 0 Å². The fourth-order valence-corrected chi connectivity index (χ4v) is 4.10. The predicted octanol–water partition coefficient (Wildman–Crippen LogP) is 1.58. The van der Waals surface area contributed by atoms with E-state index in [4.69, 9.17) is 5.11 Å². The molecule has 2 fully saturated rings. The molecule has 0 spiro atoms. The third kappa shape index (κ3) is 4.24. The highest BCUT2D eigenvalue weighted by atomic mass is 16.3. The van der Waals surface area contributed by atoms with Crippen molar-refractivity contribution in [1.82, 2.24) is 15.5 Å². The van der Waals surface area contributed by atoms with Crippen LogP contribution in [-0.4, -0.2) is 48.3 Å². The zero-order chi connectivity index (χ0) is 16.1. The summed E-state index contributed by atoms with van der Waals surface area (Å²) in [5.41, 5.74) is 1.36. The molecule has 23 heavy (non-hydrogen) atoms. The maximum Gasteiger partial charge on any atom is 0.315 e. The molecule has 3 rings (SSSR count). The zero-order valence-corrected chi connectivity index (χ0v) is 13.6. The molecule has 1 aliphatic carbocycles. The van der Waals surface area contributed by atoms with Crippen LogP contribution in [0.1, 0.15) is 24.8 Å². The normalized spacial score (nSPS) is 27.4. The van der Waals surface area contributed by atoms with Gasteiger partial charge in [-0.3, -0.25) is 4.90 Å². The van der Waals surface area contributed by atoms with E-state index in [1.54, 1.807) is 0 Å². The number of hydrogen-bond donors (Lipinski definition) is 3. The first-order chi connectivity index (χ1) is 11.3. The molecule has 0 unspecified atom stereocenters. The standard InChI is InChI=1S/C18H27N3O2/c22-10-9-19-18(23)20-17-8-4-7-15-12-21(13-16(15)17)11-14-5-2-1-3-6-14/h1-3,5-6,15-17,22H,4,7-13H2,(H2,19,20,23)/t15-,16-,17+/m0/s1. The third-order valence-corrected chi connectivity index (χ3v) is 5.14. The molecule has 3 N–H and O–H groups in total. The van der Waals surface area contributed by atoms with Crippen LogP contribution in [0.25, 0.3) is 0 Å². The van der Waals surface area contributed by atoms with Crippen molar-refractivity contribution in [1.29, 1.82) is 0 Å². The van der Waals surface area contributed by atoms with Gasteiger partial charge < -0.3 is 15.7 Å². The van der Waals surface area contributed by atoms with Crippen molar-refractivity contribution in [2.24, 2.45) is 11.8 Å². The van der Waals surface area contributed by atoms with Gasteiger partial charge in [0, 0.05) is 32.2 Å². The molecule has 2 aliphatic rings. The smallest absolute Gasteiger partial charge is 0.315 e. The number of benzene rings is 1. The van der Waals surface area contributed by atoms with Gasteiger partial charge in [0.25, 0.3) is 0 Å². The molecule has 5 heteroatoms. The average Bonchev–Trinajstić information content (AvgIpc) is 2.97. The molecule has 1 aromatic carbocycles. The molecule has 1 saturated carbocycles. The molecule has 5 nitrogen and oxygen atoms in total. The number of urea groups is 1. The molecule has 3 atom stereocenters. The lowest BCUT2D eigenvalue weighted by Gasteiger charge is -2.33. The Hall–Kier alpha value is -1.59. The lowest BCUT2D eigenvalue weighted by molar-refractivity contribution is 0.200. The Morgan fingerprint density at radius 3 is 2.83 bits per heavy atom. The molecular weight excluding hydrogens is 290 g/mol. The van der Waals surface area contributed by atoms with Crippen LogP contribution in [0.4, 0.5) is 4.79 Å². The second kappa shape index (κ2) is 7.79. The van der Waals surface area contributed by atoms with Crippen molar-refractivity contribution in [2.75, 3.05) is 26.2 Å². The number of carbonyl (C=O) groups is 1. The lowest BCUT2D eigenvalue weighted by atomic mass is 9.78. The predicted molar refractivity (Wildman–Crippen MR) is 90.0 cm³/mol. The van der Waals surface area contributed by atoms with Gasteiger partial charge >= 0.3 is 6.03 Å². The molecule has 2 amide bonds. The van der Waals surface area contributed by atoms with E-state index in [0.717, 1.165) is 26.1 Å². The minimum atomic E-state index is -0.147. The largest absolute Gasteiger partial charge is 0.395 e. The quantitative estimate of drug-likeness (QED) is 0.772. The molecule has 0 radical (unpaired) electrons. The van der Waals surface area contributed by atoms with Gasteiger partial charge in [0.2, 0.25) is 0 Å². The second-order valence-electron chi connectivity index (χ2n) is 6.76. The lowest BCUT2D eigenvalue weighted by Crippen LogP contribution is -2.49. The summed E-state index contributed by atoms with van der Waals surface area (Å²) in [5, 5.41) is 14.6. The van der Waals surface area contributed by atoms with Crippen molar-refractivity contribution in [2.45, 2.75) is 31.8 Å². The molecule has 0 aromatic heterocycles. The van der Waals surface area contributed by atoms with Gasteiger partial charge in [-0.15, -0.1) is 0 Å². The SMILES string of the molecule is O=C(NCCO)N[C@@H]1CCC[C@H]2CN(Cc3ccccc3)C[C@@H]21. The third-order valence-electron chi connectivity index (χ3n) is 5.14. The fraction of sp³-hybridized carbons (Fsp3) is 0.611. The number of nitrogens with one attached hydrogen (secondary N) is 2. The minimum Gasteiger partial charge on any atom is -0.395 e. The van der Waals surface area contributed by atoms with E-state index in [1.807, 2.05) is 0 Å². The number of likely N-dealkylation sites (tertiary alicyclic amines) is 1. The van der Waals surface area contributed by atoms with Crippen molar-refractivity contribution in [3.63, 3.8) is 0 Å². The summed E-state index contributed by atoms with van der Waals surface area (Å²) < 4.78 is 0. The van der Waals surface area contributed by atoms with E-state index in [1.165, 1.54) is 18.4 Å². The Bertz CT molecular complexity index is 508. The number of aliphatic hydroxyl groups excluding tert-OH is 1. The van der Waals surface area contributed by atoms with E-state index in [9.17, 15) is 4.79 Å². The van der Waals surface area contributed by atoms with Crippen molar-refractivity contribution in [3.05, 3.63) is 35.9 Å². The monoisotopic (exact) mass is 317 g/mol. The summed E-state index contributed by atoms with van der Waals surface area (Å²) in [6.07, 6.45) is 3.52. The highest BCUT2D eigenvalue weighted by molar-refractivity contribution is 5.74. The van der Waals surface area contributed by atoms with Gasteiger partial charge in [0.15, 0.2) is 0 Å². The van der Waals surface area contributed by atoms with E-state index in [2.05, 4.69) is 45.9 Å². The maximum absolute atomic E-state index is 11.9. The van der Waals surface area contributed by atoms with Crippen LogP contribution < -0.4 is 10.6 Å². The van der Waals surface area contributed by atoms with Crippen LogP contribution in [0.15, 0.2) is 30.3 Å². The Morgan fingerprint density at radius 2 is 2.04 bits per heavy atom. The van der Waals surface area contributed by atoms with Crippen LogP contribution in [-0.2, 0) is 6.54 Å². The van der Waals surface area contributed by atoms with Crippen LogP contribution in [0.5, 0.6) is 0 Å². The van der Waals surface area contributed by atoms with E-state index in [0.29, 0.717) is 18.4 Å². The van der Waals surface area contributed by atoms with Crippen LogP contribution in [0, 0.1) is 11.8 Å². The van der Waals surface area contributed by atoms with E-state index < -0.39 is 0 Å². The summed E-state index contributed by atoms with van der Waals surface area (Å²) in [6.45, 7) is 3.49. The van der Waals surface area contributed by atoms with Gasteiger partial charge in [-0.2, -0.15) is 0 Å². The van der Waals surface area contributed by atoms with Gasteiger partial charge in [0.05, 0.1) is 6.61 Å². The zero-order valence-electron chi connectivity index (χ0n) is 13.6. The Morgan fingerprint density at radius 1 is 1.22 bits per heavy atom. The van der Waals surface area contributed by atoms with Gasteiger partial charge in [0.1, 0.15) is 0 Å². The number of amides is 2. The van der Waals surface area contributed by atoms with Crippen molar-refractivity contribution in [3.8, 4) is 0 Å². The minimum absolute atomic E-state index is 0.0189. The second-order valence-corrected chi connectivity index (χ2v) is 6.76. The summed E-state index contributed by atoms with van der Waals surface area (Å²) in [6, 6.07) is 10.7. The molecule has 1 aliphatic heterocycles. The molecule has 1 aromatic rings. The molecule has 1 saturated heterocycles. The summed E-state index contributed by atoms with van der Waals surface area (Å²) >= 11 is 0. The number of fused-ring (bicyclic) bond motifs is 1. The first-order valence-electron chi connectivity index (χ1n) is 8.68. The molecule has 0 bridgehead atoms.